The van der Waals surface area contributed by atoms with Crippen molar-refractivity contribution in [1.82, 2.24) is 19.4 Å². The van der Waals surface area contributed by atoms with E-state index in [-0.39, 0.29) is 18.7 Å². The van der Waals surface area contributed by atoms with E-state index in [0.717, 1.165) is 21.3 Å². The second-order valence-electron chi connectivity index (χ2n) is 9.73. The van der Waals surface area contributed by atoms with Crippen molar-refractivity contribution in [2.45, 2.75) is 19.6 Å². The number of aliphatic hydroxyl groups is 2. The molecular formula is C30H32ClN5O6. The molecule has 12 heteroatoms. The number of nitrogens with one attached hydrogen (secondary N) is 2. The summed E-state index contributed by atoms with van der Waals surface area (Å²) in [5, 5.41) is 24.9. The summed E-state index contributed by atoms with van der Waals surface area (Å²) < 4.78 is 7.56. The molecule has 0 saturated carbocycles. The minimum atomic E-state index is -0.860. The number of aliphatic hydroxyl groups excluding tert-OH is 2. The first-order chi connectivity index (χ1) is 20.1. The van der Waals surface area contributed by atoms with Crippen LogP contribution in [0.5, 0.6) is 5.88 Å². The van der Waals surface area contributed by atoms with E-state index in [1.807, 2.05) is 43.3 Å². The van der Waals surface area contributed by atoms with Gasteiger partial charge in [-0.25, -0.2) is 9.78 Å². The summed E-state index contributed by atoms with van der Waals surface area (Å²) in [6, 6.07) is 14.6. The molecule has 42 heavy (non-hydrogen) atoms. The molecule has 0 fully saturated rings. The highest BCUT2D eigenvalue weighted by molar-refractivity contribution is 6.36. The first-order valence-corrected chi connectivity index (χ1v) is 13.5. The maximum atomic E-state index is 13.0. The van der Waals surface area contributed by atoms with E-state index in [1.165, 1.54) is 32.0 Å². The van der Waals surface area contributed by atoms with Crippen LogP contribution in [0.2, 0.25) is 5.02 Å². The van der Waals surface area contributed by atoms with Gasteiger partial charge in [-0.15, -0.1) is 0 Å². The molecule has 4 rings (SSSR count). The first kappa shape index (κ1) is 30.7. The van der Waals surface area contributed by atoms with Crippen LogP contribution in [0.25, 0.3) is 22.4 Å². The minimum Gasteiger partial charge on any atom is -0.481 e. The average Bonchev–Trinajstić information content (AvgIpc) is 2.99. The summed E-state index contributed by atoms with van der Waals surface area (Å²) in [5.41, 5.74) is 3.35. The molecule has 0 aliphatic heterocycles. The second-order valence-corrected chi connectivity index (χ2v) is 10.1. The Morgan fingerprint density at radius 1 is 1.07 bits per heavy atom. The molecule has 0 radical (unpaired) electrons. The fraction of sp³-hybridized carbons (Fsp3) is 0.267. The first-order valence-electron chi connectivity index (χ1n) is 13.1. The number of carbonyl (C=O) groups excluding carboxylic acids is 1. The van der Waals surface area contributed by atoms with Gasteiger partial charge in [-0.2, -0.15) is 0 Å². The summed E-state index contributed by atoms with van der Waals surface area (Å²) >= 11 is 6.94. The molecule has 2 heterocycles. The smallest absolute Gasteiger partial charge is 0.330 e. The summed E-state index contributed by atoms with van der Waals surface area (Å²) in [4.78, 5) is 42.3. The summed E-state index contributed by atoms with van der Waals surface area (Å²) in [5.74, 6) is -0.242. The van der Waals surface area contributed by atoms with Gasteiger partial charge in [0, 0.05) is 55.8 Å². The number of aromatic nitrogens is 3. The number of carbonyl (C=O) groups is 1. The summed E-state index contributed by atoms with van der Waals surface area (Å²) in [6.45, 7) is 2.10. The number of hydrogen-bond donors (Lipinski definition) is 4. The maximum Gasteiger partial charge on any atom is 0.330 e. The number of pyridine rings is 1. The molecule has 4 aromatic rings. The van der Waals surface area contributed by atoms with Crippen molar-refractivity contribution in [2.75, 3.05) is 25.6 Å². The van der Waals surface area contributed by atoms with E-state index in [9.17, 15) is 19.5 Å². The lowest BCUT2D eigenvalue weighted by Crippen LogP contribution is -2.40. The maximum absolute atomic E-state index is 13.0. The molecule has 0 spiro atoms. The third-order valence-electron chi connectivity index (χ3n) is 6.88. The second kappa shape index (κ2) is 13.1. The molecular weight excluding hydrogens is 562 g/mol. The van der Waals surface area contributed by atoms with E-state index in [1.54, 1.807) is 12.1 Å². The highest BCUT2D eigenvalue weighted by atomic mass is 35.5. The number of amides is 1. The van der Waals surface area contributed by atoms with E-state index in [4.69, 9.17) is 21.4 Å². The number of hydrogen-bond acceptors (Lipinski definition) is 8. The predicted molar refractivity (Wildman–Crippen MR) is 161 cm³/mol. The molecule has 4 N–H and O–H groups in total. The van der Waals surface area contributed by atoms with Crippen molar-refractivity contribution >= 4 is 23.2 Å². The highest BCUT2D eigenvalue weighted by Gasteiger charge is 2.19. The van der Waals surface area contributed by atoms with Gasteiger partial charge in [0.1, 0.15) is 5.56 Å². The van der Waals surface area contributed by atoms with Gasteiger partial charge in [-0.3, -0.25) is 14.2 Å². The van der Waals surface area contributed by atoms with Crippen LogP contribution in [-0.4, -0.2) is 56.6 Å². The van der Waals surface area contributed by atoms with Gasteiger partial charge in [-0.1, -0.05) is 48.0 Å². The number of nitrogens with zero attached hydrogens (tertiary/aromatic N) is 3. The van der Waals surface area contributed by atoms with E-state index in [2.05, 4.69) is 15.6 Å². The predicted octanol–water partition coefficient (Wildman–Crippen LogP) is 2.48. The SMILES string of the molecule is COc1nc(-c2cccc(-c3cccc(NC(=O)c4cn(C)c(=O)n(C)c4=O)c3C)c2Cl)ccc1CNCC(O)CO. The molecule has 0 aliphatic carbocycles. The quantitative estimate of drug-likeness (QED) is 0.219. The largest absolute Gasteiger partial charge is 0.481 e. The Hall–Kier alpha value is -4.29. The fourth-order valence-corrected chi connectivity index (χ4v) is 4.85. The summed E-state index contributed by atoms with van der Waals surface area (Å²) in [7, 11) is 4.31. The van der Waals surface area contributed by atoms with Crippen LogP contribution in [0, 0.1) is 6.92 Å². The topological polar surface area (TPSA) is 148 Å². The lowest BCUT2D eigenvalue weighted by molar-refractivity contribution is 0.0941. The van der Waals surface area contributed by atoms with Crippen molar-refractivity contribution in [3.8, 4) is 28.3 Å². The molecule has 0 saturated heterocycles. The van der Waals surface area contributed by atoms with Crippen molar-refractivity contribution in [3.63, 3.8) is 0 Å². The van der Waals surface area contributed by atoms with Crippen LogP contribution >= 0.6 is 11.6 Å². The van der Waals surface area contributed by atoms with Crippen molar-refractivity contribution in [3.05, 3.63) is 97.3 Å². The molecule has 1 atom stereocenters. The van der Waals surface area contributed by atoms with Gasteiger partial charge in [0.15, 0.2) is 0 Å². The Morgan fingerprint density at radius 3 is 2.48 bits per heavy atom. The third-order valence-corrected chi connectivity index (χ3v) is 7.28. The zero-order valence-corrected chi connectivity index (χ0v) is 24.4. The molecule has 1 amide bonds. The Kier molecular flexibility index (Phi) is 9.59. The normalized spacial score (nSPS) is 11.8. The van der Waals surface area contributed by atoms with Crippen molar-refractivity contribution in [2.24, 2.45) is 14.1 Å². The molecule has 11 nitrogen and oxygen atoms in total. The van der Waals surface area contributed by atoms with Crippen LogP contribution < -0.4 is 26.6 Å². The van der Waals surface area contributed by atoms with E-state index >= 15 is 0 Å². The third kappa shape index (κ3) is 6.29. The van der Waals surface area contributed by atoms with Gasteiger partial charge in [0.2, 0.25) is 5.88 Å². The van der Waals surface area contributed by atoms with Gasteiger partial charge in [-0.05, 0) is 30.2 Å². The van der Waals surface area contributed by atoms with Crippen LogP contribution in [0.3, 0.4) is 0 Å². The fourth-order valence-electron chi connectivity index (χ4n) is 4.52. The van der Waals surface area contributed by atoms with E-state index < -0.39 is 23.3 Å². The Bertz CT molecular complexity index is 1750. The highest BCUT2D eigenvalue weighted by Crippen LogP contribution is 2.39. The zero-order valence-electron chi connectivity index (χ0n) is 23.6. The van der Waals surface area contributed by atoms with Gasteiger partial charge >= 0.3 is 5.69 Å². The minimum absolute atomic E-state index is 0.160. The van der Waals surface area contributed by atoms with Crippen molar-refractivity contribution < 1.29 is 19.7 Å². The van der Waals surface area contributed by atoms with E-state index in [0.29, 0.717) is 40.0 Å². The number of anilines is 1. The Labute approximate surface area is 247 Å². The number of methoxy groups -OCH3 is 1. The van der Waals surface area contributed by atoms with Gasteiger partial charge in [0.25, 0.3) is 11.5 Å². The van der Waals surface area contributed by atoms with Crippen LogP contribution in [-0.2, 0) is 20.6 Å². The average molecular weight is 594 g/mol. The van der Waals surface area contributed by atoms with Crippen LogP contribution in [0.4, 0.5) is 5.69 Å². The molecule has 2 aromatic carbocycles. The number of halogens is 1. The molecule has 0 aliphatic rings. The Balaban J connectivity index is 1.65. The number of ether oxygens (including phenoxy) is 1. The van der Waals surface area contributed by atoms with Crippen LogP contribution in [0.15, 0.2) is 64.3 Å². The zero-order chi connectivity index (χ0) is 30.6. The lowest BCUT2D eigenvalue weighted by Gasteiger charge is -2.16. The van der Waals surface area contributed by atoms with Gasteiger partial charge in [0.05, 0.1) is 30.5 Å². The number of aryl methyl sites for hydroxylation is 1. The molecule has 0 bridgehead atoms. The summed E-state index contributed by atoms with van der Waals surface area (Å²) in [6.07, 6.45) is 0.363. The standard InChI is InChI=1S/C30H32ClN5O6/c1-17-20(7-6-10-24(17)33-27(39)23-15-35(2)30(41)36(3)29(23)40)21-8-5-9-22(26(21)31)25-12-11-18(28(34-25)42-4)13-32-14-19(38)16-37/h5-12,15,19,32,37-38H,13-14,16H2,1-4H3,(H,33,39). The number of benzene rings is 2. The monoisotopic (exact) mass is 593 g/mol. The molecule has 220 valence electrons. The van der Waals surface area contributed by atoms with Crippen LogP contribution in [0.1, 0.15) is 21.5 Å². The Morgan fingerprint density at radius 2 is 1.76 bits per heavy atom. The molecule has 1 unspecified atom stereocenters. The van der Waals surface area contributed by atoms with Gasteiger partial charge < -0.3 is 30.2 Å². The van der Waals surface area contributed by atoms with Crippen molar-refractivity contribution in [1.29, 1.82) is 0 Å². The number of rotatable bonds is 10. The lowest BCUT2D eigenvalue weighted by atomic mass is 9.96. The molecule has 2 aromatic heterocycles.